The number of nitrogens with one attached hydrogen (secondary N) is 1. The number of anilines is 1. The highest BCUT2D eigenvalue weighted by molar-refractivity contribution is 5.93. The molecule has 1 aromatic rings. The molecule has 0 aromatic heterocycles. The van der Waals surface area contributed by atoms with Crippen LogP contribution < -0.4 is 5.32 Å². The molecule has 134 valence electrons. The van der Waals surface area contributed by atoms with Crippen molar-refractivity contribution in [2.24, 2.45) is 0 Å². The summed E-state index contributed by atoms with van der Waals surface area (Å²) in [5, 5.41) is 2.25. The molecule has 8 heteroatoms. The number of alkyl halides is 3. The molecule has 0 spiro atoms. The first-order valence-electron chi connectivity index (χ1n) is 7.61. The molecule has 0 unspecified atom stereocenters. The minimum absolute atomic E-state index is 0.0238. The number of hydrogen-bond donors (Lipinski definition) is 1. The van der Waals surface area contributed by atoms with Crippen molar-refractivity contribution in [1.82, 2.24) is 9.80 Å². The third-order valence-corrected chi connectivity index (χ3v) is 3.44. The summed E-state index contributed by atoms with van der Waals surface area (Å²) < 4.78 is 38.7. The fourth-order valence-corrected chi connectivity index (χ4v) is 2.24. The van der Waals surface area contributed by atoms with Gasteiger partial charge in [-0.15, -0.1) is 0 Å². The molecular formula is C16H22F3N3O2. The van der Waals surface area contributed by atoms with E-state index >= 15 is 0 Å². The zero-order chi connectivity index (χ0) is 18.3. The zero-order valence-corrected chi connectivity index (χ0v) is 14.0. The predicted molar refractivity (Wildman–Crippen MR) is 85.5 cm³/mol. The van der Waals surface area contributed by atoms with Crippen molar-refractivity contribution in [2.75, 3.05) is 38.5 Å². The molecule has 0 aliphatic rings. The molecule has 24 heavy (non-hydrogen) atoms. The van der Waals surface area contributed by atoms with Gasteiger partial charge in [0.25, 0.3) is 0 Å². The quantitative estimate of drug-likeness (QED) is 0.826. The number of hydrogen-bond acceptors (Lipinski definition) is 3. The molecule has 5 nitrogen and oxygen atoms in total. The number of carbonyl (C=O) groups excluding carboxylic acids is 2. The second-order valence-electron chi connectivity index (χ2n) is 5.33. The number of carbonyl (C=O) groups is 2. The fraction of sp³-hybridized carbons (Fsp3) is 0.500. The summed E-state index contributed by atoms with van der Waals surface area (Å²) in [7, 11) is 1.57. The summed E-state index contributed by atoms with van der Waals surface area (Å²) in [6.45, 7) is 4.67. The van der Waals surface area contributed by atoms with Crippen molar-refractivity contribution in [3.05, 3.63) is 29.8 Å². The molecule has 0 heterocycles. The summed E-state index contributed by atoms with van der Waals surface area (Å²) in [5.74, 6) is -0.743. The Morgan fingerprint density at radius 2 is 1.67 bits per heavy atom. The minimum atomic E-state index is -4.55. The smallest absolute Gasteiger partial charge is 0.342 e. The first-order chi connectivity index (χ1) is 11.2. The van der Waals surface area contributed by atoms with Gasteiger partial charge in [-0.25, -0.2) is 0 Å². The van der Waals surface area contributed by atoms with E-state index in [9.17, 15) is 22.8 Å². The van der Waals surface area contributed by atoms with Crippen LogP contribution >= 0.6 is 0 Å². The van der Waals surface area contributed by atoms with E-state index in [1.807, 2.05) is 13.8 Å². The summed E-state index contributed by atoms with van der Waals surface area (Å²) in [6, 6.07) is 4.77. The number of rotatable bonds is 7. The van der Waals surface area contributed by atoms with E-state index in [1.54, 1.807) is 11.9 Å². The molecule has 0 saturated carbocycles. The number of amides is 2. The van der Waals surface area contributed by atoms with E-state index in [4.69, 9.17) is 0 Å². The fourth-order valence-electron chi connectivity index (χ4n) is 2.24. The largest absolute Gasteiger partial charge is 0.418 e. The van der Waals surface area contributed by atoms with Crippen molar-refractivity contribution in [1.29, 1.82) is 0 Å². The van der Waals surface area contributed by atoms with Gasteiger partial charge in [-0.2, -0.15) is 13.2 Å². The summed E-state index contributed by atoms with van der Waals surface area (Å²) >= 11 is 0. The van der Waals surface area contributed by atoms with Crippen LogP contribution in [0.2, 0.25) is 0 Å². The maximum absolute atomic E-state index is 12.9. The molecule has 0 aliphatic heterocycles. The van der Waals surface area contributed by atoms with Crippen LogP contribution in [0.3, 0.4) is 0 Å². The van der Waals surface area contributed by atoms with Crippen LogP contribution in [0.4, 0.5) is 18.9 Å². The lowest BCUT2D eigenvalue weighted by Gasteiger charge is -2.23. The van der Waals surface area contributed by atoms with Gasteiger partial charge in [-0.1, -0.05) is 12.1 Å². The Balaban J connectivity index is 2.66. The Morgan fingerprint density at radius 1 is 1.08 bits per heavy atom. The molecule has 1 rings (SSSR count). The average molecular weight is 345 g/mol. The molecule has 0 radical (unpaired) electrons. The number of benzene rings is 1. The van der Waals surface area contributed by atoms with E-state index in [0.29, 0.717) is 13.1 Å². The summed E-state index contributed by atoms with van der Waals surface area (Å²) in [4.78, 5) is 27.0. The van der Waals surface area contributed by atoms with E-state index in [2.05, 4.69) is 5.32 Å². The number of likely N-dealkylation sites (N-methyl/N-ethyl adjacent to an activating group) is 2. The second kappa shape index (κ2) is 8.68. The van der Waals surface area contributed by atoms with Crippen molar-refractivity contribution >= 4 is 17.5 Å². The average Bonchev–Trinajstić information content (AvgIpc) is 2.47. The van der Waals surface area contributed by atoms with Crippen LogP contribution in [0.25, 0.3) is 0 Å². The highest BCUT2D eigenvalue weighted by atomic mass is 19.4. The summed E-state index contributed by atoms with van der Waals surface area (Å²) in [6.07, 6.45) is -4.55. The molecule has 0 atom stereocenters. The van der Waals surface area contributed by atoms with Gasteiger partial charge in [-0.3, -0.25) is 14.5 Å². The van der Waals surface area contributed by atoms with Crippen LogP contribution in [0.15, 0.2) is 24.3 Å². The van der Waals surface area contributed by atoms with Gasteiger partial charge in [-0.05, 0) is 33.0 Å². The predicted octanol–water partition coefficient (Wildman–Crippen LogP) is 2.44. The SMILES string of the molecule is CCN(CC)C(=O)CN(C)CC(=O)Nc1ccccc1C(F)(F)F. The van der Waals surface area contributed by atoms with E-state index in [1.165, 1.54) is 23.1 Å². The molecular weight excluding hydrogens is 323 g/mol. The third kappa shape index (κ3) is 5.84. The first-order valence-corrected chi connectivity index (χ1v) is 7.61. The van der Waals surface area contributed by atoms with Gasteiger partial charge >= 0.3 is 6.18 Å². The molecule has 1 N–H and O–H groups in total. The highest BCUT2D eigenvalue weighted by Gasteiger charge is 2.33. The third-order valence-electron chi connectivity index (χ3n) is 3.44. The highest BCUT2D eigenvalue weighted by Crippen LogP contribution is 2.34. The normalized spacial score (nSPS) is 11.5. The van der Waals surface area contributed by atoms with E-state index < -0.39 is 17.6 Å². The maximum atomic E-state index is 12.9. The first kappa shape index (κ1) is 20.0. The molecule has 0 aliphatic carbocycles. The van der Waals surface area contributed by atoms with Crippen molar-refractivity contribution in [3.8, 4) is 0 Å². The second-order valence-corrected chi connectivity index (χ2v) is 5.33. The molecule has 0 fully saturated rings. The Hall–Kier alpha value is -2.09. The zero-order valence-electron chi connectivity index (χ0n) is 14.0. The lowest BCUT2D eigenvalue weighted by atomic mass is 10.1. The van der Waals surface area contributed by atoms with Gasteiger partial charge in [0.1, 0.15) is 0 Å². The van der Waals surface area contributed by atoms with E-state index in [0.717, 1.165) is 6.07 Å². The van der Waals surface area contributed by atoms with Crippen LogP contribution in [-0.4, -0.2) is 54.8 Å². The number of halogens is 3. The maximum Gasteiger partial charge on any atom is 0.418 e. The van der Waals surface area contributed by atoms with Crippen LogP contribution in [0.1, 0.15) is 19.4 Å². The van der Waals surface area contributed by atoms with Crippen LogP contribution in [-0.2, 0) is 15.8 Å². The standard InChI is InChI=1S/C16H22F3N3O2/c1-4-22(5-2)15(24)11-21(3)10-14(23)20-13-9-7-6-8-12(13)16(17,18)19/h6-9H,4-5,10-11H2,1-3H3,(H,20,23). The Kier molecular flexibility index (Phi) is 7.21. The van der Waals surface area contributed by atoms with Gasteiger partial charge < -0.3 is 10.2 Å². The van der Waals surface area contributed by atoms with Crippen molar-refractivity contribution in [3.63, 3.8) is 0 Å². The Morgan fingerprint density at radius 3 is 2.21 bits per heavy atom. The van der Waals surface area contributed by atoms with Crippen molar-refractivity contribution < 1.29 is 22.8 Å². The Labute approximate surface area is 139 Å². The number of nitrogens with zero attached hydrogens (tertiary/aromatic N) is 2. The molecule has 0 bridgehead atoms. The summed E-state index contributed by atoms with van der Waals surface area (Å²) in [5.41, 5.74) is -1.20. The van der Waals surface area contributed by atoms with Crippen LogP contribution in [0, 0.1) is 0 Å². The van der Waals surface area contributed by atoms with Gasteiger partial charge in [0.05, 0.1) is 24.3 Å². The lowest BCUT2D eigenvalue weighted by Crippen LogP contribution is -2.41. The topological polar surface area (TPSA) is 52.7 Å². The number of para-hydroxylation sites is 1. The molecule has 1 aromatic carbocycles. The van der Waals surface area contributed by atoms with E-state index in [-0.39, 0.29) is 24.7 Å². The lowest BCUT2D eigenvalue weighted by molar-refractivity contribution is -0.137. The van der Waals surface area contributed by atoms with Crippen molar-refractivity contribution in [2.45, 2.75) is 20.0 Å². The van der Waals surface area contributed by atoms with Gasteiger partial charge in [0, 0.05) is 13.1 Å². The molecule has 2 amide bonds. The minimum Gasteiger partial charge on any atom is -0.342 e. The molecule has 0 saturated heterocycles. The van der Waals surface area contributed by atoms with Crippen LogP contribution in [0.5, 0.6) is 0 Å². The monoisotopic (exact) mass is 345 g/mol. The van der Waals surface area contributed by atoms with Gasteiger partial charge in [0.2, 0.25) is 11.8 Å². The Bertz CT molecular complexity index is 572. The van der Waals surface area contributed by atoms with Gasteiger partial charge in [0.15, 0.2) is 0 Å².